The Kier molecular flexibility index (Phi) is 2.60. The molecule has 0 atom stereocenters. The van der Waals surface area contributed by atoms with Gasteiger partial charge in [0.05, 0.1) is 7.11 Å². The molecule has 0 aliphatic rings. The second-order valence-corrected chi connectivity index (χ2v) is 2.25. The lowest BCUT2D eigenvalue weighted by Crippen LogP contribution is -2.04. The van der Waals surface area contributed by atoms with Crippen LogP contribution in [0.1, 0.15) is 5.56 Å². The van der Waals surface area contributed by atoms with Gasteiger partial charge in [-0.2, -0.15) is 0 Å². The highest BCUT2D eigenvalue weighted by molar-refractivity contribution is 5.35. The van der Waals surface area contributed by atoms with E-state index in [0.717, 1.165) is 6.07 Å². The number of hydrogen-bond acceptors (Lipinski definition) is 2. The van der Waals surface area contributed by atoms with Gasteiger partial charge in [0.1, 0.15) is 5.75 Å². The fourth-order valence-corrected chi connectivity index (χ4v) is 0.956. The molecule has 0 aromatic heterocycles. The lowest BCUT2D eigenvalue weighted by molar-refractivity contribution is 0.398. The van der Waals surface area contributed by atoms with Gasteiger partial charge in [0.2, 0.25) is 0 Å². The van der Waals surface area contributed by atoms with Gasteiger partial charge in [0.15, 0.2) is 11.6 Å². The van der Waals surface area contributed by atoms with Gasteiger partial charge in [0.25, 0.3) is 0 Å². The minimum absolute atomic E-state index is 0.0671. The van der Waals surface area contributed by atoms with E-state index >= 15 is 0 Å². The Bertz CT molecular complexity index is 289. The van der Waals surface area contributed by atoms with Crippen molar-refractivity contribution in [3.63, 3.8) is 0 Å². The van der Waals surface area contributed by atoms with E-state index in [2.05, 4.69) is 0 Å². The summed E-state index contributed by atoms with van der Waals surface area (Å²) < 4.78 is 30.3. The van der Waals surface area contributed by atoms with E-state index in [4.69, 9.17) is 10.5 Å². The Morgan fingerprint density at radius 2 is 2.08 bits per heavy atom. The topological polar surface area (TPSA) is 35.2 Å². The molecule has 4 heteroatoms. The van der Waals surface area contributed by atoms with Crippen molar-refractivity contribution < 1.29 is 13.5 Å². The first-order valence-electron chi connectivity index (χ1n) is 3.41. The van der Waals surface area contributed by atoms with Crippen molar-refractivity contribution in [1.29, 1.82) is 0 Å². The van der Waals surface area contributed by atoms with Crippen molar-refractivity contribution >= 4 is 0 Å². The molecule has 0 radical (unpaired) electrons. The lowest BCUT2D eigenvalue weighted by Gasteiger charge is -2.07. The maximum atomic E-state index is 12.9. The zero-order chi connectivity index (χ0) is 9.14. The molecular weight excluding hydrogens is 164 g/mol. The van der Waals surface area contributed by atoms with Crippen LogP contribution in [0.3, 0.4) is 0 Å². The zero-order valence-corrected chi connectivity index (χ0v) is 6.60. The third kappa shape index (κ3) is 1.38. The number of benzene rings is 1. The molecule has 1 rings (SSSR count). The lowest BCUT2D eigenvalue weighted by atomic mass is 10.2. The van der Waals surface area contributed by atoms with Crippen LogP contribution < -0.4 is 10.5 Å². The van der Waals surface area contributed by atoms with Crippen LogP contribution >= 0.6 is 0 Å². The van der Waals surface area contributed by atoms with Gasteiger partial charge in [-0.25, -0.2) is 8.78 Å². The highest BCUT2D eigenvalue weighted by Gasteiger charge is 2.11. The first-order chi connectivity index (χ1) is 5.70. The molecule has 0 saturated carbocycles. The first-order valence-corrected chi connectivity index (χ1v) is 3.41. The quantitative estimate of drug-likeness (QED) is 0.734. The summed E-state index contributed by atoms with van der Waals surface area (Å²) in [7, 11) is 1.38. The molecule has 2 nitrogen and oxygen atoms in total. The van der Waals surface area contributed by atoms with Crippen molar-refractivity contribution in [1.82, 2.24) is 0 Å². The molecule has 0 heterocycles. The van der Waals surface area contributed by atoms with Gasteiger partial charge < -0.3 is 10.5 Å². The molecule has 2 N–H and O–H groups in total. The number of hydrogen-bond donors (Lipinski definition) is 1. The Labute approximate surface area is 68.9 Å². The first kappa shape index (κ1) is 8.93. The Hall–Kier alpha value is -1.16. The zero-order valence-electron chi connectivity index (χ0n) is 6.60. The third-order valence-electron chi connectivity index (χ3n) is 1.58. The van der Waals surface area contributed by atoms with Crippen molar-refractivity contribution in [2.24, 2.45) is 5.73 Å². The van der Waals surface area contributed by atoms with Crippen LogP contribution in [0.15, 0.2) is 12.1 Å². The van der Waals surface area contributed by atoms with E-state index in [1.165, 1.54) is 13.2 Å². The molecule has 0 fully saturated rings. The van der Waals surface area contributed by atoms with Crippen LogP contribution in [0, 0.1) is 11.6 Å². The van der Waals surface area contributed by atoms with Crippen molar-refractivity contribution in [2.45, 2.75) is 6.54 Å². The second kappa shape index (κ2) is 3.49. The van der Waals surface area contributed by atoms with Crippen molar-refractivity contribution in [3.8, 4) is 5.75 Å². The predicted molar refractivity (Wildman–Crippen MR) is 40.8 cm³/mol. The molecule has 1 aromatic rings. The molecule has 1 aromatic carbocycles. The monoisotopic (exact) mass is 173 g/mol. The van der Waals surface area contributed by atoms with Crippen LogP contribution in [-0.4, -0.2) is 7.11 Å². The number of halogens is 2. The molecular formula is C8H9F2NO. The highest BCUT2D eigenvalue weighted by Crippen LogP contribution is 2.22. The largest absolute Gasteiger partial charge is 0.496 e. The molecule has 0 unspecified atom stereocenters. The van der Waals surface area contributed by atoms with Crippen molar-refractivity contribution in [2.75, 3.05) is 7.11 Å². The van der Waals surface area contributed by atoms with Crippen molar-refractivity contribution in [3.05, 3.63) is 29.3 Å². The van der Waals surface area contributed by atoms with E-state index in [0.29, 0.717) is 0 Å². The number of ether oxygens (including phenoxy) is 1. The van der Waals surface area contributed by atoms with E-state index in [-0.39, 0.29) is 17.9 Å². The molecule has 0 aliphatic heterocycles. The van der Waals surface area contributed by atoms with Gasteiger partial charge in [-0.05, 0) is 12.1 Å². The molecule has 0 amide bonds. The molecule has 0 bridgehead atoms. The average molecular weight is 173 g/mol. The van der Waals surface area contributed by atoms with Crippen LogP contribution in [0.4, 0.5) is 8.78 Å². The van der Waals surface area contributed by atoms with Crippen LogP contribution in [0.5, 0.6) is 5.75 Å². The van der Waals surface area contributed by atoms with Crippen LogP contribution in [-0.2, 0) is 6.54 Å². The van der Waals surface area contributed by atoms with Gasteiger partial charge in [0, 0.05) is 12.1 Å². The minimum Gasteiger partial charge on any atom is -0.496 e. The summed E-state index contributed by atoms with van der Waals surface area (Å²) in [6.07, 6.45) is 0. The van der Waals surface area contributed by atoms with E-state index in [1.54, 1.807) is 0 Å². The average Bonchev–Trinajstić information content (AvgIpc) is 2.09. The fourth-order valence-electron chi connectivity index (χ4n) is 0.956. The third-order valence-corrected chi connectivity index (χ3v) is 1.58. The van der Waals surface area contributed by atoms with E-state index < -0.39 is 11.6 Å². The number of methoxy groups -OCH3 is 1. The Morgan fingerprint density at radius 3 is 2.58 bits per heavy atom. The smallest absolute Gasteiger partial charge is 0.167 e. The van der Waals surface area contributed by atoms with E-state index in [1.807, 2.05) is 0 Å². The predicted octanol–water partition coefficient (Wildman–Crippen LogP) is 1.43. The summed E-state index contributed by atoms with van der Waals surface area (Å²) in [6, 6.07) is 2.36. The second-order valence-electron chi connectivity index (χ2n) is 2.25. The van der Waals surface area contributed by atoms with Gasteiger partial charge in [-0.15, -0.1) is 0 Å². The Morgan fingerprint density at radius 1 is 1.42 bits per heavy atom. The SMILES string of the molecule is COc1ccc(F)c(F)c1CN. The van der Waals surface area contributed by atoms with Gasteiger partial charge >= 0.3 is 0 Å². The molecule has 0 aliphatic carbocycles. The highest BCUT2D eigenvalue weighted by atomic mass is 19.2. The Balaban J connectivity index is 3.25. The van der Waals surface area contributed by atoms with Crippen LogP contribution in [0.2, 0.25) is 0 Å². The van der Waals surface area contributed by atoms with E-state index in [9.17, 15) is 8.78 Å². The van der Waals surface area contributed by atoms with Crippen LogP contribution in [0.25, 0.3) is 0 Å². The summed E-state index contributed by atoms with van der Waals surface area (Å²) in [5, 5.41) is 0. The summed E-state index contributed by atoms with van der Waals surface area (Å²) in [5.74, 6) is -1.57. The fraction of sp³-hybridized carbons (Fsp3) is 0.250. The maximum Gasteiger partial charge on any atom is 0.167 e. The summed E-state index contributed by atoms with van der Waals surface area (Å²) in [4.78, 5) is 0. The number of nitrogens with two attached hydrogens (primary N) is 1. The molecule has 0 saturated heterocycles. The standard InChI is InChI=1S/C8H9F2NO/c1-12-7-3-2-6(9)8(10)5(7)4-11/h2-3H,4,11H2,1H3. The maximum absolute atomic E-state index is 12.9. The summed E-state index contributed by atoms with van der Waals surface area (Å²) in [6.45, 7) is -0.0766. The van der Waals surface area contributed by atoms with Gasteiger partial charge in [-0.3, -0.25) is 0 Å². The normalized spacial score (nSPS) is 10.0. The number of rotatable bonds is 2. The minimum atomic E-state index is -0.933. The van der Waals surface area contributed by atoms with Gasteiger partial charge in [-0.1, -0.05) is 0 Å². The summed E-state index contributed by atoms with van der Waals surface area (Å²) >= 11 is 0. The molecule has 66 valence electrons. The summed E-state index contributed by atoms with van der Waals surface area (Å²) in [5.41, 5.74) is 5.28. The molecule has 0 spiro atoms. The molecule has 12 heavy (non-hydrogen) atoms.